The lowest BCUT2D eigenvalue weighted by molar-refractivity contribution is 0.130. The van der Waals surface area contributed by atoms with Gasteiger partial charge < -0.3 is 11.5 Å². The Balaban J connectivity index is 1.85. The van der Waals surface area contributed by atoms with Crippen molar-refractivity contribution in [3.8, 4) is 0 Å². The summed E-state index contributed by atoms with van der Waals surface area (Å²) in [6.45, 7) is 4.76. The van der Waals surface area contributed by atoms with Crippen molar-refractivity contribution in [2.45, 2.75) is 77.3 Å². The molecule has 4 atom stereocenters. The molecule has 0 aliphatic heterocycles. The van der Waals surface area contributed by atoms with Crippen LogP contribution in [0.25, 0.3) is 0 Å². The van der Waals surface area contributed by atoms with Crippen molar-refractivity contribution < 1.29 is 0 Å². The second-order valence-corrected chi connectivity index (χ2v) is 7.46. The molecule has 0 radical (unpaired) electrons. The Morgan fingerprint density at radius 1 is 0.941 bits per heavy atom. The third-order valence-electron chi connectivity index (χ3n) is 4.78. The molecular weight excluding hydrogens is 208 g/mol. The lowest BCUT2D eigenvalue weighted by Gasteiger charge is -2.41. The monoisotopic (exact) mass is 238 g/mol. The molecule has 2 rings (SSSR count). The maximum absolute atomic E-state index is 6.21. The minimum Gasteiger partial charge on any atom is -0.328 e. The Hall–Kier alpha value is -0.0800. The van der Waals surface area contributed by atoms with E-state index < -0.39 is 0 Å². The first-order chi connectivity index (χ1) is 7.94. The summed E-state index contributed by atoms with van der Waals surface area (Å²) in [4.78, 5) is 0. The molecule has 0 aromatic carbocycles. The molecule has 0 aromatic rings. The van der Waals surface area contributed by atoms with Crippen LogP contribution in [-0.2, 0) is 0 Å². The summed E-state index contributed by atoms with van der Waals surface area (Å²) in [5.41, 5.74) is 12.8. The average molecular weight is 238 g/mol. The fourth-order valence-electron chi connectivity index (χ4n) is 4.37. The van der Waals surface area contributed by atoms with Crippen molar-refractivity contribution in [1.82, 2.24) is 0 Å². The van der Waals surface area contributed by atoms with Gasteiger partial charge in [-0.1, -0.05) is 26.7 Å². The molecule has 100 valence electrons. The van der Waals surface area contributed by atoms with E-state index in [1.807, 2.05) is 0 Å². The van der Waals surface area contributed by atoms with Crippen LogP contribution in [0.4, 0.5) is 0 Å². The fourth-order valence-corrected chi connectivity index (χ4v) is 4.37. The van der Waals surface area contributed by atoms with Crippen LogP contribution in [0.1, 0.15) is 65.2 Å². The highest BCUT2D eigenvalue weighted by Gasteiger charge is 2.34. The first-order valence-electron chi connectivity index (χ1n) is 7.46. The number of rotatable bonds is 2. The van der Waals surface area contributed by atoms with Crippen molar-refractivity contribution in [1.29, 1.82) is 0 Å². The van der Waals surface area contributed by atoms with Gasteiger partial charge in [0.05, 0.1) is 0 Å². The van der Waals surface area contributed by atoms with Crippen LogP contribution in [-0.4, -0.2) is 12.1 Å². The van der Waals surface area contributed by atoms with Crippen LogP contribution in [0, 0.1) is 17.3 Å². The minimum atomic E-state index is 0.431. The first kappa shape index (κ1) is 13.4. The second-order valence-electron chi connectivity index (χ2n) is 7.46. The van der Waals surface area contributed by atoms with Crippen molar-refractivity contribution in [3.63, 3.8) is 0 Å². The topological polar surface area (TPSA) is 52.0 Å². The molecular formula is C15H30N2. The van der Waals surface area contributed by atoms with Gasteiger partial charge >= 0.3 is 0 Å². The van der Waals surface area contributed by atoms with Crippen molar-refractivity contribution in [3.05, 3.63) is 0 Å². The van der Waals surface area contributed by atoms with Crippen LogP contribution < -0.4 is 11.5 Å². The number of hydrogen-bond donors (Lipinski definition) is 2. The molecule has 2 nitrogen and oxygen atoms in total. The molecule has 17 heavy (non-hydrogen) atoms. The zero-order valence-electron chi connectivity index (χ0n) is 11.6. The zero-order chi connectivity index (χ0) is 12.5. The molecule has 2 aliphatic carbocycles. The van der Waals surface area contributed by atoms with Crippen LogP contribution in [0.2, 0.25) is 0 Å². The van der Waals surface area contributed by atoms with Gasteiger partial charge in [0.2, 0.25) is 0 Å². The van der Waals surface area contributed by atoms with Gasteiger partial charge in [-0.3, -0.25) is 0 Å². The molecule has 2 saturated carbocycles. The first-order valence-corrected chi connectivity index (χ1v) is 7.46. The molecule has 2 fully saturated rings. The molecule has 2 aliphatic rings. The van der Waals surface area contributed by atoms with E-state index in [-0.39, 0.29) is 0 Å². The molecule has 0 spiro atoms. The van der Waals surface area contributed by atoms with Gasteiger partial charge in [0, 0.05) is 12.1 Å². The van der Waals surface area contributed by atoms with Gasteiger partial charge in [-0.2, -0.15) is 0 Å². The molecule has 4 N–H and O–H groups in total. The van der Waals surface area contributed by atoms with Crippen LogP contribution >= 0.6 is 0 Å². The highest BCUT2D eigenvalue weighted by molar-refractivity contribution is 4.88. The molecule has 0 saturated heterocycles. The SMILES string of the molecule is CC1(C)CC(N)CC(CC2CCCC(N)C2)C1. The van der Waals surface area contributed by atoms with E-state index in [1.54, 1.807) is 0 Å². The Morgan fingerprint density at radius 3 is 2.29 bits per heavy atom. The van der Waals surface area contributed by atoms with Crippen LogP contribution in [0.5, 0.6) is 0 Å². The molecule has 4 unspecified atom stereocenters. The summed E-state index contributed by atoms with van der Waals surface area (Å²) in [5, 5.41) is 0. The summed E-state index contributed by atoms with van der Waals surface area (Å²) >= 11 is 0. The normalized spacial score (nSPS) is 42.4. The summed E-state index contributed by atoms with van der Waals surface area (Å²) in [6, 6.07) is 0.903. The third-order valence-corrected chi connectivity index (χ3v) is 4.78. The molecule has 0 heterocycles. The standard InChI is InChI=1S/C15H30N2/c1-15(2)9-12(8-14(17)10-15)6-11-4-3-5-13(16)7-11/h11-14H,3-10,16-17H2,1-2H3. The van der Waals surface area contributed by atoms with E-state index in [0.717, 1.165) is 11.8 Å². The zero-order valence-corrected chi connectivity index (χ0v) is 11.6. The Bertz CT molecular complexity index is 249. The van der Waals surface area contributed by atoms with Crippen LogP contribution in [0.15, 0.2) is 0 Å². The van der Waals surface area contributed by atoms with E-state index in [9.17, 15) is 0 Å². The van der Waals surface area contributed by atoms with Gasteiger partial charge in [0.1, 0.15) is 0 Å². The molecule has 0 bridgehead atoms. The Labute approximate surface area is 107 Å². The number of nitrogens with two attached hydrogens (primary N) is 2. The summed E-state index contributed by atoms with van der Waals surface area (Å²) in [7, 11) is 0. The lowest BCUT2D eigenvalue weighted by atomic mass is 9.67. The van der Waals surface area contributed by atoms with Crippen molar-refractivity contribution >= 4 is 0 Å². The highest BCUT2D eigenvalue weighted by atomic mass is 14.7. The van der Waals surface area contributed by atoms with Gasteiger partial charge in [-0.05, 0) is 55.8 Å². The van der Waals surface area contributed by atoms with E-state index in [4.69, 9.17) is 11.5 Å². The van der Waals surface area contributed by atoms with Crippen molar-refractivity contribution in [2.24, 2.45) is 28.7 Å². The van der Waals surface area contributed by atoms with Crippen LogP contribution in [0.3, 0.4) is 0 Å². The fraction of sp³-hybridized carbons (Fsp3) is 1.00. The largest absolute Gasteiger partial charge is 0.328 e. The van der Waals surface area contributed by atoms with E-state index in [2.05, 4.69) is 13.8 Å². The van der Waals surface area contributed by atoms with E-state index in [0.29, 0.717) is 17.5 Å². The Morgan fingerprint density at radius 2 is 1.65 bits per heavy atom. The summed E-state index contributed by atoms with van der Waals surface area (Å²) < 4.78 is 0. The maximum atomic E-state index is 6.21. The molecule has 2 heteroatoms. The minimum absolute atomic E-state index is 0.431. The average Bonchev–Trinajstić information content (AvgIpc) is 2.13. The predicted octanol–water partition coefficient (Wildman–Crippen LogP) is 3.05. The Kier molecular flexibility index (Phi) is 4.14. The summed E-state index contributed by atoms with van der Waals surface area (Å²) in [5.74, 6) is 1.73. The molecule has 0 amide bonds. The molecule has 0 aromatic heterocycles. The quantitative estimate of drug-likeness (QED) is 0.777. The van der Waals surface area contributed by atoms with E-state index in [1.165, 1.54) is 51.4 Å². The third kappa shape index (κ3) is 3.96. The van der Waals surface area contributed by atoms with Gasteiger partial charge in [-0.15, -0.1) is 0 Å². The smallest absolute Gasteiger partial charge is 0.00465 e. The lowest BCUT2D eigenvalue weighted by Crippen LogP contribution is -2.38. The van der Waals surface area contributed by atoms with Gasteiger partial charge in [0.25, 0.3) is 0 Å². The maximum Gasteiger partial charge on any atom is 0.00465 e. The van der Waals surface area contributed by atoms with E-state index >= 15 is 0 Å². The van der Waals surface area contributed by atoms with Crippen molar-refractivity contribution in [2.75, 3.05) is 0 Å². The number of hydrogen-bond acceptors (Lipinski definition) is 2. The summed E-state index contributed by atoms with van der Waals surface area (Å²) in [6.07, 6.45) is 10.4. The second kappa shape index (κ2) is 5.27. The highest BCUT2D eigenvalue weighted by Crippen LogP contribution is 2.42. The predicted molar refractivity (Wildman–Crippen MR) is 73.6 cm³/mol. The van der Waals surface area contributed by atoms with Gasteiger partial charge in [-0.25, -0.2) is 0 Å². The van der Waals surface area contributed by atoms with Gasteiger partial charge in [0.15, 0.2) is 0 Å².